The number of nitrogens with zero attached hydrogens (tertiary/aromatic N) is 1. The van der Waals surface area contributed by atoms with Crippen LogP contribution in [0.5, 0.6) is 11.5 Å². The molecule has 0 unspecified atom stereocenters. The number of ketones is 1. The first-order valence-corrected chi connectivity index (χ1v) is 8.61. The van der Waals surface area contributed by atoms with Crippen molar-refractivity contribution in [1.82, 2.24) is 4.90 Å². The summed E-state index contributed by atoms with van der Waals surface area (Å²) in [7, 11) is 3.33. The van der Waals surface area contributed by atoms with E-state index in [4.69, 9.17) is 9.47 Å². The van der Waals surface area contributed by atoms with E-state index in [1.807, 2.05) is 30.3 Å². The Morgan fingerprint density at radius 1 is 1.15 bits per heavy atom. The van der Waals surface area contributed by atoms with E-state index in [-0.39, 0.29) is 18.3 Å². The molecule has 1 aliphatic heterocycles. The van der Waals surface area contributed by atoms with E-state index in [1.165, 1.54) is 11.0 Å². The Kier molecular flexibility index (Phi) is 5.71. The molecule has 138 valence electrons. The number of hydrogen-bond acceptors (Lipinski definition) is 4. The fourth-order valence-corrected chi connectivity index (χ4v) is 2.52. The first-order valence-electron chi connectivity index (χ1n) is 8.61. The highest BCUT2D eigenvalue weighted by Gasteiger charge is 2.10. The second-order valence-electron chi connectivity index (χ2n) is 6.35. The molecule has 0 N–H and O–H groups in total. The Morgan fingerprint density at radius 2 is 1.96 bits per heavy atom. The smallest absolute Gasteiger partial charge is 0.259 e. The van der Waals surface area contributed by atoms with Crippen molar-refractivity contribution < 1.29 is 19.1 Å². The van der Waals surface area contributed by atoms with Crippen molar-refractivity contribution >= 4 is 17.8 Å². The Balaban J connectivity index is 1.66. The third-order valence-corrected chi connectivity index (χ3v) is 4.08. The highest BCUT2D eigenvalue weighted by molar-refractivity contribution is 6.05. The summed E-state index contributed by atoms with van der Waals surface area (Å²) in [6, 6.07) is 14.6. The molecule has 27 heavy (non-hydrogen) atoms. The Morgan fingerprint density at radius 3 is 2.78 bits per heavy atom. The van der Waals surface area contributed by atoms with E-state index in [0.717, 1.165) is 16.9 Å². The summed E-state index contributed by atoms with van der Waals surface area (Å²) in [6.07, 6.45) is 5.30. The van der Waals surface area contributed by atoms with Crippen LogP contribution in [0, 0.1) is 0 Å². The largest absolute Gasteiger partial charge is 0.488 e. The summed E-state index contributed by atoms with van der Waals surface area (Å²) >= 11 is 0. The van der Waals surface area contributed by atoms with Gasteiger partial charge in [-0.1, -0.05) is 36.4 Å². The van der Waals surface area contributed by atoms with Crippen molar-refractivity contribution in [2.45, 2.75) is 0 Å². The van der Waals surface area contributed by atoms with Crippen LogP contribution in [-0.4, -0.2) is 43.9 Å². The van der Waals surface area contributed by atoms with E-state index >= 15 is 0 Å². The van der Waals surface area contributed by atoms with Crippen LogP contribution in [0.15, 0.2) is 66.3 Å². The van der Waals surface area contributed by atoms with E-state index < -0.39 is 0 Å². The maximum absolute atomic E-state index is 12.4. The minimum absolute atomic E-state index is 0.0654. The van der Waals surface area contributed by atoms with Crippen molar-refractivity contribution in [3.63, 3.8) is 0 Å². The van der Waals surface area contributed by atoms with Crippen LogP contribution < -0.4 is 9.47 Å². The highest BCUT2D eigenvalue weighted by Crippen LogP contribution is 2.26. The molecule has 0 radical (unpaired) electrons. The van der Waals surface area contributed by atoms with Crippen molar-refractivity contribution in [2.75, 3.05) is 27.3 Å². The summed E-state index contributed by atoms with van der Waals surface area (Å²) in [5.74, 6) is 1.05. The number of para-hydroxylation sites is 1. The van der Waals surface area contributed by atoms with Gasteiger partial charge < -0.3 is 14.4 Å². The molecule has 0 aliphatic carbocycles. The van der Waals surface area contributed by atoms with Gasteiger partial charge in [0.2, 0.25) is 0 Å². The van der Waals surface area contributed by atoms with Gasteiger partial charge in [0.25, 0.3) is 5.91 Å². The quantitative estimate of drug-likeness (QED) is 0.583. The number of hydrogen-bond donors (Lipinski definition) is 0. The molecule has 0 fully saturated rings. The lowest BCUT2D eigenvalue weighted by molar-refractivity contribution is -0.130. The average molecular weight is 363 g/mol. The van der Waals surface area contributed by atoms with Gasteiger partial charge in [-0.15, -0.1) is 0 Å². The number of rotatable bonds is 6. The minimum atomic E-state index is -0.142. The molecule has 0 aromatic heterocycles. The number of carbonyl (C=O) groups is 2. The second kappa shape index (κ2) is 8.36. The monoisotopic (exact) mass is 363 g/mol. The summed E-state index contributed by atoms with van der Waals surface area (Å²) in [5, 5.41) is 0. The van der Waals surface area contributed by atoms with Crippen LogP contribution in [0.2, 0.25) is 0 Å². The van der Waals surface area contributed by atoms with Crippen LogP contribution in [0.1, 0.15) is 15.9 Å². The number of ether oxygens (including phenoxy) is 2. The molecule has 0 bridgehead atoms. The third-order valence-electron chi connectivity index (χ3n) is 4.08. The molecule has 0 saturated carbocycles. The van der Waals surface area contributed by atoms with Crippen molar-refractivity contribution in [2.24, 2.45) is 0 Å². The van der Waals surface area contributed by atoms with Crippen molar-refractivity contribution in [3.8, 4) is 11.5 Å². The number of allylic oxidation sites excluding steroid dienone is 1. The summed E-state index contributed by atoms with van der Waals surface area (Å²) in [6.45, 7) is 0.362. The second-order valence-corrected chi connectivity index (χ2v) is 6.35. The number of likely N-dealkylation sites (N-methyl/N-ethyl adjacent to an activating group) is 1. The summed E-state index contributed by atoms with van der Waals surface area (Å²) < 4.78 is 11.1. The van der Waals surface area contributed by atoms with Crippen LogP contribution in [0.3, 0.4) is 0 Å². The predicted molar refractivity (Wildman–Crippen MR) is 104 cm³/mol. The summed E-state index contributed by atoms with van der Waals surface area (Å²) in [5.41, 5.74) is 2.42. The normalized spacial score (nSPS) is 12.7. The van der Waals surface area contributed by atoms with E-state index in [9.17, 15) is 9.59 Å². The minimum Gasteiger partial charge on any atom is -0.488 e. The molecule has 3 rings (SSSR count). The lowest BCUT2D eigenvalue weighted by Gasteiger charge is -2.15. The maximum Gasteiger partial charge on any atom is 0.259 e. The number of fused-ring (bicyclic) bond motifs is 1. The molecule has 1 heterocycles. The third kappa shape index (κ3) is 4.85. The van der Waals surface area contributed by atoms with Gasteiger partial charge in [-0.25, -0.2) is 0 Å². The fraction of sp³-hybridized carbons (Fsp3) is 0.182. The Bertz CT molecular complexity index is 912. The molecular weight excluding hydrogens is 342 g/mol. The first kappa shape index (κ1) is 18.5. The molecule has 1 amide bonds. The molecule has 1 aliphatic rings. The molecule has 0 saturated heterocycles. The highest BCUT2D eigenvalue weighted by atomic mass is 16.5. The summed E-state index contributed by atoms with van der Waals surface area (Å²) in [4.78, 5) is 25.5. The lowest BCUT2D eigenvalue weighted by atomic mass is 10.1. The lowest BCUT2D eigenvalue weighted by Crippen LogP contribution is -2.27. The van der Waals surface area contributed by atoms with Crippen LogP contribution >= 0.6 is 0 Å². The molecule has 0 spiro atoms. The van der Waals surface area contributed by atoms with Gasteiger partial charge in [-0.2, -0.15) is 0 Å². The average Bonchev–Trinajstić information content (AvgIpc) is 2.70. The Hall–Kier alpha value is -3.34. The number of amides is 1. The number of carbonyl (C=O) groups excluding carboxylic acids is 2. The van der Waals surface area contributed by atoms with Crippen molar-refractivity contribution in [1.29, 1.82) is 0 Å². The molecule has 5 heteroatoms. The fourth-order valence-electron chi connectivity index (χ4n) is 2.52. The van der Waals surface area contributed by atoms with Crippen LogP contribution in [0.25, 0.3) is 6.08 Å². The van der Waals surface area contributed by atoms with Gasteiger partial charge in [-0.05, 0) is 35.9 Å². The van der Waals surface area contributed by atoms with E-state index in [0.29, 0.717) is 17.9 Å². The van der Waals surface area contributed by atoms with Gasteiger partial charge >= 0.3 is 0 Å². The molecule has 2 aromatic rings. The zero-order valence-electron chi connectivity index (χ0n) is 15.3. The topological polar surface area (TPSA) is 55.8 Å². The standard InChI is InChI=1S/C22H21NO4/c1-23(2)22(25)15-26-19-8-5-7-17(13-19)20(24)11-10-16-12-18-6-3-4-9-21(18)27-14-16/h3-13H,14-15H2,1-2H3/b11-10+. The van der Waals surface area contributed by atoms with Gasteiger partial charge in [-0.3, -0.25) is 9.59 Å². The molecular formula is C22H21NO4. The van der Waals surface area contributed by atoms with Gasteiger partial charge in [0, 0.05) is 25.2 Å². The van der Waals surface area contributed by atoms with E-state index in [1.54, 1.807) is 44.4 Å². The molecule has 2 aromatic carbocycles. The molecule has 0 atom stereocenters. The van der Waals surface area contributed by atoms with Crippen molar-refractivity contribution in [3.05, 3.63) is 77.4 Å². The zero-order valence-corrected chi connectivity index (χ0v) is 15.3. The van der Waals surface area contributed by atoms with Gasteiger partial charge in [0.1, 0.15) is 18.1 Å². The van der Waals surface area contributed by atoms with Crippen LogP contribution in [0.4, 0.5) is 0 Å². The van der Waals surface area contributed by atoms with E-state index in [2.05, 4.69) is 0 Å². The van der Waals surface area contributed by atoms with Crippen LogP contribution in [-0.2, 0) is 4.79 Å². The molecule has 5 nitrogen and oxygen atoms in total. The maximum atomic E-state index is 12.4. The van der Waals surface area contributed by atoms with Gasteiger partial charge in [0.05, 0.1) is 0 Å². The number of benzene rings is 2. The SMILES string of the molecule is CN(C)C(=O)COc1cccc(C(=O)/C=C/C2=Cc3ccccc3OC2)c1. The first-order chi connectivity index (χ1) is 13.0. The predicted octanol–water partition coefficient (Wildman–Crippen LogP) is 3.37. The van der Waals surface area contributed by atoms with Gasteiger partial charge in [0.15, 0.2) is 12.4 Å². The zero-order chi connectivity index (χ0) is 19.2. The Labute approximate surface area is 158 Å².